The molecule has 1 aromatic rings. The molecule has 3 rings (SSSR count). The number of nitrogens with zero attached hydrogens (tertiary/aromatic N) is 2. The van der Waals surface area contributed by atoms with E-state index < -0.39 is 0 Å². The van der Waals surface area contributed by atoms with Crippen molar-refractivity contribution in [3.05, 3.63) is 33.8 Å². The zero-order chi connectivity index (χ0) is 17.3. The molecule has 0 aromatic heterocycles. The summed E-state index contributed by atoms with van der Waals surface area (Å²) in [5.74, 6) is 0.0797. The van der Waals surface area contributed by atoms with Gasteiger partial charge in [0.05, 0.1) is 21.8 Å². The number of benzene rings is 1. The second-order valence-electron chi connectivity index (χ2n) is 5.85. The van der Waals surface area contributed by atoms with Gasteiger partial charge < -0.3 is 4.90 Å². The minimum absolute atomic E-state index is 0.0234. The molecule has 1 aromatic carbocycles. The van der Waals surface area contributed by atoms with Crippen molar-refractivity contribution in [3.63, 3.8) is 0 Å². The highest BCUT2D eigenvalue weighted by Crippen LogP contribution is 2.27. The monoisotopic (exact) mass is 386 g/mol. The van der Waals surface area contributed by atoms with Gasteiger partial charge in [-0.2, -0.15) is 0 Å². The van der Waals surface area contributed by atoms with Gasteiger partial charge in [-0.25, -0.2) is 0 Å². The molecule has 1 atom stereocenters. The average Bonchev–Trinajstić information content (AvgIpc) is 3.15. The molecule has 2 aliphatic rings. The molecule has 0 saturated carbocycles. The maximum absolute atomic E-state index is 12.4. The lowest BCUT2D eigenvalue weighted by atomic mass is 10.1. The summed E-state index contributed by atoms with van der Waals surface area (Å²) in [6, 6.07) is 5.15. The van der Waals surface area contributed by atoms with E-state index in [9.17, 15) is 14.4 Å². The standard InChI is InChI=1S/C16H16Cl2N2O3S/c17-12-3-1-10(7-13(12)18)2-4-14(21)19-6-5-11(8-19)20-15(22)9-24-16(20)23/h1,3,7,11H,2,4-6,8-9H2/t11-/m1/s1. The van der Waals surface area contributed by atoms with Crippen LogP contribution < -0.4 is 0 Å². The van der Waals surface area contributed by atoms with Gasteiger partial charge in [-0.15, -0.1) is 0 Å². The minimum atomic E-state index is -0.199. The number of amides is 3. The van der Waals surface area contributed by atoms with E-state index in [0.717, 1.165) is 17.3 Å². The van der Waals surface area contributed by atoms with Crippen LogP contribution in [0, 0.1) is 0 Å². The summed E-state index contributed by atoms with van der Waals surface area (Å²) in [6.07, 6.45) is 1.59. The highest BCUT2D eigenvalue weighted by atomic mass is 35.5. The first-order valence-electron chi connectivity index (χ1n) is 7.66. The summed E-state index contributed by atoms with van der Waals surface area (Å²) >= 11 is 12.9. The lowest BCUT2D eigenvalue weighted by Crippen LogP contribution is -2.41. The van der Waals surface area contributed by atoms with E-state index in [1.165, 1.54) is 4.90 Å². The van der Waals surface area contributed by atoms with Crippen LogP contribution in [-0.2, 0) is 16.0 Å². The molecule has 0 bridgehead atoms. The Morgan fingerprint density at radius 2 is 2.04 bits per heavy atom. The van der Waals surface area contributed by atoms with Gasteiger partial charge in [0.15, 0.2) is 0 Å². The molecule has 0 radical (unpaired) electrons. The van der Waals surface area contributed by atoms with E-state index in [1.807, 2.05) is 6.07 Å². The molecule has 128 valence electrons. The fourth-order valence-corrected chi connectivity index (χ4v) is 4.10. The number of carbonyl (C=O) groups excluding carboxylic acids is 3. The van der Waals surface area contributed by atoms with Crippen LogP contribution in [0.3, 0.4) is 0 Å². The van der Waals surface area contributed by atoms with Crippen molar-refractivity contribution in [1.29, 1.82) is 0 Å². The number of imide groups is 1. The summed E-state index contributed by atoms with van der Waals surface area (Å²) in [5, 5.41) is 0.772. The first-order valence-corrected chi connectivity index (χ1v) is 9.40. The maximum atomic E-state index is 12.4. The Labute approximate surface area is 154 Å². The Morgan fingerprint density at radius 3 is 2.71 bits per heavy atom. The number of halogens is 2. The SMILES string of the molecule is O=C(CCc1ccc(Cl)c(Cl)c1)N1CC[C@@H](N2C(=O)CSC2=O)C1. The van der Waals surface area contributed by atoms with Crippen LogP contribution in [-0.4, -0.2) is 51.7 Å². The molecular weight excluding hydrogens is 371 g/mol. The number of thioether (sulfide) groups is 1. The molecule has 0 spiro atoms. The second kappa shape index (κ2) is 7.33. The molecule has 24 heavy (non-hydrogen) atoms. The minimum Gasteiger partial charge on any atom is -0.341 e. The predicted molar refractivity (Wildman–Crippen MR) is 94.5 cm³/mol. The molecule has 5 nitrogen and oxygen atoms in total. The normalized spacial score (nSPS) is 21.0. The summed E-state index contributed by atoms with van der Waals surface area (Å²) in [4.78, 5) is 38.9. The van der Waals surface area contributed by atoms with Gasteiger partial charge >= 0.3 is 0 Å². The topological polar surface area (TPSA) is 57.7 Å². The first kappa shape index (κ1) is 17.6. The lowest BCUT2D eigenvalue weighted by molar-refractivity contribution is -0.131. The van der Waals surface area contributed by atoms with Crippen LogP contribution in [0.4, 0.5) is 4.79 Å². The van der Waals surface area contributed by atoms with Crippen molar-refractivity contribution >= 4 is 52.0 Å². The molecule has 8 heteroatoms. The highest BCUT2D eigenvalue weighted by Gasteiger charge is 2.39. The number of rotatable bonds is 4. The van der Waals surface area contributed by atoms with Crippen LogP contribution in [0.1, 0.15) is 18.4 Å². The fraction of sp³-hybridized carbons (Fsp3) is 0.438. The molecule has 2 aliphatic heterocycles. The van der Waals surface area contributed by atoms with E-state index >= 15 is 0 Å². The summed E-state index contributed by atoms with van der Waals surface area (Å²) in [5.41, 5.74) is 0.954. The van der Waals surface area contributed by atoms with Crippen molar-refractivity contribution in [3.8, 4) is 0 Å². The molecular formula is C16H16Cl2N2O3S. The van der Waals surface area contributed by atoms with Crippen molar-refractivity contribution in [1.82, 2.24) is 9.80 Å². The molecule has 2 heterocycles. The van der Waals surface area contributed by atoms with Crippen LogP contribution >= 0.6 is 35.0 Å². The van der Waals surface area contributed by atoms with Gasteiger partial charge in [0.1, 0.15) is 0 Å². The molecule has 0 N–H and O–H groups in total. The van der Waals surface area contributed by atoms with Crippen LogP contribution in [0.15, 0.2) is 18.2 Å². The third kappa shape index (κ3) is 3.71. The van der Waals surface area contributed by atoms with Crippen molar-refractivity contribution in [2.45, 2.75) is 25.3 Å². The first-order chi connectivity index (χ1) is 11.5. The van der Waals surface area contributed by atoms with Crippen LogP contribution in [0.2, 0.25) is 10.0 Å². The van der Waals surface area contributed by atoms with E-state index in [1.54, 1.807) is 17.0 Å². The van der Waals surface area contributed by atoms with E-state index in [4.69, 9.17) is 23.2 Å². The predicted octanol–water partition coefficient (Wildman–Crippen LogP) is 3.22. The Kier molecular flexibility index (Phi) is 5.37. The van der Waals surface area contributed by atoms with Crippen molar-refractivity contribution in [2.75, 3.05) is 18.8 Å². The molecule has 0 unspecified atom stereocenters. The van der Waals surface area contributed by atoms with E-state index in [0.29, 0.717) is 42.4 Å². The molecule has 0 aliphatic carbocycles. The van der Waals surface area contributed by atoms with Crippen LogP contribution in [0.25, 0.3) is 0 Å². The van der Waals surface area contributed by atoms with Gasteiger partial charge in [-0.1, -0.05) is 41.0 Å². The highest BCUT2D eigenvalue weighted by molar-refractivity contribution is 8.14. The second-order valence-corrected chi connectivity index (χ2v) is 7.59. The molecule has 3 amide bonds. The lowest BCUT2D eigenvalue weighted by Gasteiger charge is -2.22. The zero-order valence-electron chi connectivity index (χ0n) is 12.8. The summed E-state index contributed by atoms with van der Waals surface area (Å²) < 4.78 is 0. The third-order valence-corrected chi connectivity index (χ3v) is 5.85. The fourth-order valence-electron chi connectivity index (χ4n) is 3.00. The number of likely N-dealkylation sites (tertiary alicyclic amines) is 1. The maximum Gasteiger partial charge on any atom is 0.289 e. The number of carbonyl (C=O) groups is 3. The summed E-state index contributed by atoms with van der Waals surface area (Å²) in [7, 11) is 0. The van der Waals surface area contributed by atoms with Gasteiger partial charge in [0.25, 0.3) is 5.24 Å². The largest absolute Gasteiger partial charge is 0.341 e. The number of hydrogen-bond donors (Lipinski definition) is 0. The van der Waals surface area contributed by atoms with Crippen molar-refractivity contribution < 1.29 is 14.4 Å². The number of aryl methyl sites for hydroxylation is 1. The van der Waals surface area contributed by atoms with E-state index in [2.05, 4.69) is 0 Å². The summed E-state index contributed by atoms with van der Waals surface area (Å²) in [6.45, 7) is 1.00. The van der Waals surface area contributed by atoms with Crippen molar-refractivity contribution in [2.24, 2.45) is 0 Å². The Balaban J connectivity index is 1.54. The average molecular weight is 387 g/mol. The van der Waals surface area contributed by atoms with E-state index in [-0.39, 0.29) is 28.8 Å². The van der Waals surface area contributed by atoms with Gasteiger partial charge in [0.2, 0.25) is 11.8 Å². The Bertz CT molecular complexity index is 682. The quantitative estimate of drug-likeness (QED) is 0.796. The van der Waals surface area contributed by atoms with Gasteiger partial charge in [-0.05, 0) is 30.5 Å². The smallest absolute Gasteiger partial charge is 0.289 e. The molecule has 2 fully saturated rings. The van der Waals surface area contributed by atoms with Gasteiger partial charge in [-0.3, -0.25) is 19.3 Å². The van der Waals surface area contributed by atoms with Gasteiger partial charge in [0, 0.05) is 19.5 Å². The number of hydrogen-bond acceptors (Lipinski definition) is 4. The zero-order valence-corrected chi connectivity index (χ0v) is 15.2. The van der Waals surface area contributed by atoms with Crippen LogP contribution in [0.5, 0.6) is 0 Å². The third-order valence-electron chi connectivity index (χ3n) is 4.28. The molecule has 2 saturated heterocycles. The Hall–Kier alpha value is -1.24. The Morgan fingerprint density at radius 1 is 1.25 bits per heavy atom.